The van der Waals surface area contributed by atoms with Crippen molar-refractivity contribution in [2.75, 3.05) is 0 Å². The van der Waals surface area contributed by atoms with E-state index in [1.807, 2.05) is 0 Å². The van der Waals surface area contributed by atoms with Gasteiger partial charge in [-0.2, -0.15) is 0 Å². The van der Waals surface area contributed by atoms with Crippen molar-refractivity contribution in [3.8, 4) is 0 Å². The molecule has 4 heteroatoms. The monoisotopic (exact) mass is 144 g/mol. The van der Waals surface area contributed by atoms with Gasteiger partial charge in [-0.1, -0.05) is 0 Å². The average Bonchev–Trinajstić information content (AvgIpc) is 0.811. The van der Waals surface area contributed by atoms with Crippen molar-refractivity contribution in [3.63, 3.8) is 0 Å². The summed E-state index contributed by atoms with van der Waals surface area (Å²) in [6.07, 6.45) is 0. The standard InChI is InChI=1S/H2NOSSe/c1-3(2)4/h(H2,1,2,4)/q-1. The first kappa shape index (κ1) is 4.63. The maximum absolute atomic E-state index is 9.28. The Balaban J connectivity index is 3.51. The Morgan fingerprint density at radius 2 is 2.00 bits per heavy atom. The molecule has 4 heavy (non-hydrogen) atoms. The number of hydrogen-bond donors (Lipinski definition) is 1. The topological polar surface area (TPSA) is 43.1 Å². The van der Waals surface area contributed by atoms with Crippen LogP contribution in [0.3, 0.4) is 0 Å². The summed E-state index contributed by atoms with van der Waals surface area (Å²) in [5.74, 6) is 0. The van der Waals surface area contributed by atoms with E-state index in [2.05, 4.69) is 19.5 Å². The molecule has 0 aromatic rings. The second-order valence-electron chi connectivity index (χ2n) is 0.260. The van der Waals surface area contributed by atoms with Crippen LogP contribution in [-0.4, -0.2) is 14.4 Å². The molecule has 0 atom stereocenters. The van der Waals surface area contributed by atoms with Gasteiger partial charge in [0.25, 0.3) is 0 Å². The fourth-order valence-electron chi connectivity index (χ4n) is 0. The molecule has 0 bridgehead atoms. The van der Waals surface area contributed by atoms with Crippen LogP contribution in [0.4, 0.5) is 0 Å². The first-order valence-electron chi connectivity index (χ1n) is 0.569. The molecule has 0 unspecified atom stereocenters. The van der Waals surface area contributed by atoms with Crippen molar-refractivity contribution in [1.29, 1.82) is 0 Å². The molecule has 0 aromatic heterocycles. The first-order chi connectivity index (χ1) is 1.73. The third kappa shape index (κ3) is 17.6. The Kier molecular flexibility index (Phi) is 2.20. The third-order valence-corrected chi connectivity index (χ3v) is 0. The summed E-state index contributed by atoms with van der Waals surface area (Å²) >= 11 is 2.15. The number of rotatable bonds is 0. The SMILES string of the molecule is N[S-](=O)=[Se]. The molecule has 0 saturated carbocycles. The average molecular weight is 143 g/mol. The van der Waals surface area contributed by atoms with Crippen LogP contribution in [-0.2, 0) is 13.1 Å². The zero-order valence-electron chi connectivity index (χ0n) is 1.80. The molecule has 0 saturated heterocycles. The second-order valence-corrected chi connectivity index (χ2v) is 2.85. The summed E-state index contributed by atoms with van der Waals surface area (Å²) in [5, 5.41) is 4.53. The van der Waals surface area contributed by atoms with E-state index in [-0.39, 0.29) is 0 Å². The van der Waals surface area contributed by atoms with Gasteiger partial charge in [0, 0.05) is 0 Å². The predicted octanol–water partition coefficient (Wildman–Crippen LogP) is -1.09. The van der Waals surface area contributed by atoms with Gasteiger partial charge in [0.15, 0.2) is 0 Å². The van der Waals surface area contributed by atoms with Crippen LogP contribution >= 0.6 is 0 Å². The summed E-state index contributed by atoms with van der Waals surface area (Å²) in [6, 6.07) is 0. The van der Waals surface area contributed by atoms with Gasteiger partial charge in [0.05, 0.1) is 0 Å². The van der Waals surface area contributed by atoms with Crippen LogP contribution in [0, 0.1) is 0 Å². The van der Waals surface area contributed by atoms with Gasteiger partial charge in [-0.25, -0.2) is 0 Å². The molecule has 0 aliphatic carbocycles. The minimum atomic E-state index is -1.24. The van der Waals surface area contributed by atoms with E-state index in [0.29, 0.717) is 0 Å². The Morgan fingerprint density at radius 3 is 2.00 bits per heavy atom. The van der Waals surface area contributed by atoms with Gasteiger partial charge in [-0.05, 0) is 0 Å². The van der Waals surface area contributed by atoms with Crippen LogP contribution < -0.4 is 5.14 Å². The van der Waals surface area contributed by atoms with Crippen LogP contribution in [0.5, 0.6) is 0 Å². The van der Waals surface area contributed by atoms with E-state index in [9.17, 15) is 4.21 Å². The quantitative estimate of drug-likeness (QED) is 0.339. The van der Waals surface area contributed by atoms with Crippen molar-refractivity contribution in [2.45, 2.75) is 0 Å². The summed E-state index contributed by atoms with van der Waals surface area (Å²) in [5.41, 5.74) is 0. The molecule has 0 rings (SSSR count). The van der Waals surface area contributed by atoms with Crippen LogP contribution in [0.15, 0.2) is 0 Å². The van der Waals surface area contributed by atoms with E-state index in [1.165, 1.54) is 0 Å². The summed E-state index contributed by atoms with van der Waals surface area (Å²) in [6.45, 7) is 0. The van der Waals surface area contributed by atoms with Crippen LogP contribution in [0.1, 0.15) is 0 Å². The normalized spacial score (nSPS) is 8.50. The molecule has 0 aromatic carbocycles. The van der Waals surface area contributed by atoms with E-state index in [1.54, 1.807) is 0 Å². The number of hydrogen-bond acceptors (Lipinski definition) is 2. The van der Waals surface area contributed by atoms with E-state index < -0.39 is 8.91 Å². The van der Waals surface area contributed by atoms with Crippen molar-refractivity contribution in [3.05, 3.63) is 0 Å². The molecule has 2 nitrogen and oxygen atoms in total. The number of nitrogens with two attached hydrogens (primary N) is 1. The fourth-order valence-corrected chi connectivity index (χ4v) is 0. The maximum atomic E-state index is 9.28. The summed E-state index contributed by atoms with van der Waals surface area (Å²) in [7, 11) is -1.24. The molecule has 0 aliphatic heterocycles. The van der Waals surface area contributed by atoms with Gasteiger partial charge in [0.1, 0.15) is 0 Å². The van der Waals surface area contributed by atoms with Crippen molar-refractivity contribution in [2.24, 2.45) is 5.14 Å². The molecule has 2 N–H and O–H groups in total. The third-order valence-electron chi connectivity index (χ3n) is 0. The zero-order chi connectivity index (χ0) is 3.58. The van der Waals surface area contributed by atoms with Gasteiger partial charge in [-0.15, -0.1) is 0 Å². The molecule has 0 fully saturated rings. The summed E-state index contributed by atoms with van der Waals surface area (Å²) < 4.78 is 9.28. The molecule has 0 amide bonds. The molecule has 0 aliphatic rings. The predicted molar refractivity (Wildman–Crippen MR) is 18.0 cm³/mol. The molecular formula is H2NOSSe-. The van der Waals surface area contributed by atoms with Crippen molar-refractivity contribution < 1.29 is 4.21 Å². The van der Waals surface area contributed by atoms with E-state index >= 15 is 0 Å². The van der Waals surface area contributed by atoms with Gasteiger partial charge >= 0.3 is 32.6 Å². The molecular weight excluding hydrogens is 141 g/mol. The van der Waals surface area contributed by atoms with Gasteiger partial charge < -0.3 is 0 Å². The van der Waals surface area contributed by atoms with E-state index in [0.717, 1.165) is 0 Å². The van der Waals surface area contributed by atoms with E-state index in [4.69, 9.17) is 0 Å². The summed E-state index contributed by atoms with van der Waals surface area (Å²) in [4.78, 5) is 0. The molecule has 0 spiro atoms. The van der Waals surface area contributed by atoms with Crippen molar-refractivity contribution >= 4 is 23.3 Å². The second kappa shape index (κ2) is 1.91. The molecule has 26 valence electrons. The Bertz CT molecular complexity index is 56.4. The molecule has 0 heterocycles. The van der Waals surface area contributed by atoms with Crippen LogP contribution in [0.25, 0.3) is 0 Å². The zero-order valence-corrected chi connectivity index (χ0v) is 4.33. The Labute approximate surface area is 33.2 Å². The van der Waals surface area contributed by atoms with Gasteiger partial charge in [0.2, 0.25) is 0 Å². The minimum absolute atomic E-state index is 1.24. The van der Waals surface area contributed by atoms with Crippen molar-refractivity contribution in [1.82, 2.24) is 0 Å². The molecule has 0 radical (unpaired) electrons. The fraction of sp³-hybridized carbons (Fsp3) is 0. The Morgan fingerprint density at radius 1 is 2.00 bits per heavy atom. The first-order valence-corrected chi connectivity index (χ1v) is 3.81. The van der Waals surface area contributed by atoms with Gasteiger partial charge in [-0.3, -0.25) is 0 Å². The van der Waals surface area contributed by atoms with Crippen LogP contribution in [0.2, 0.25) is 0 Å². The Hall–Kier alpha value is 0.629.